The van der Waals surface area contributed by atoms with E-state index in [0.717, 1.165) is 33.4 Å². The van der Waals surface area contributed by atoms with Crippen LogP contribution in [-0.4, -0.2) is 19.4 Å². The van der Waals surface area contributed by atoms with Crippen LogP contribution in [0.1, 0.15) is 41.7 Å². The minimum atomic E-state index is -0.877. The SMILES string of the molecule is C=C(C)COCOC(=O)/C(=C\C(c1ccccc1)(c1ccccc1)c1ccccc1)C(C)(c1ccccc1)c1ccccc1. The number of ether oxygens (including phenoxy) is 2. The molecule has 0 radical (unpaired) electrons. The summed E-state index contributed by atoms with van der Waals surface area (Å²) in [5, 5.41) is 0. The Morgan fingerprint density at radius 3 is 1.30 bits per heavy atom. The average Bonchev–Trinajstić information content (AvgIpc) is 3.09. The second-order valence-electron chi connectivity index (χ2n) is 11.2. The lowest BCUT2D eigenvalue weighted by Gasteiger charge is -2.38. The van der Waals surface area contributed by atoms with Crippen LogP contribution in [-0.2, 0) is 25.1 Å². The van der Waals surface area contributed by atoms with Crippen molar-refractivity contribution in [3.05, 3.63) is 203 Å². The van der Waals surface area contributed by atoms with Gasteiger partial charge in [0.05, 0.1) is 12.0 Å². The number of hydrogen-bond donors (Lipinski definition) is 0. The molecule has 0 heterocycles. The van der Waals surface area contributed by atoms with Crippen LogP contribution < -0.4 is 0 Å². The summed E-state index contributed by atoms with van der Waals surface area (Å²) in [6.45, 7) is 8.00. The molecule has 0 aliphatic heterocycles. The van der Waals surface area contributed by atoms with Crippen LogP contribution in [0.3, 0.4) is 0 Å². The zero-order valence-electron chi connectivity index (χ0n) is 25.4. The van der Waals surface area contributed by atoms with Crippen LogP contribution >= 0.6 is 0 Å². The minimum absolute atomic E-state index is 0.183. The maximum atomic E-state index is 14.6. The van der Waals surface area contributed by atoms with Gasteiger partial charge in [0.15, 0.2) is 6.79 Å². The molecule has 0 aromatic heterocycles. The first kappa shape index (κ1) is 30.5. The molecule has 0 saturated carbocycles. The van der Waals surface area contributed by atoms with Crippen molar-refractivity contribution in [3.8, 4) is 0 Å². The summed E-state index contributed by atoms with van der Waals surface area (Å²) >= 11 is 0. The van der Waals surface area contributed by atoms with Crippen molar-refractivity contribution < 1.29 is 14.3 Å². The number of hydrogen-bond acceptors (Lipinski definition) is 3. The first-order chi connectivity index (χ1) is 21.5. The molecule has 220 valence electrons. The van der Waals surface area contributed by atoms with Crippen molar-refractivity contribution >= 4 is 5.97 Å². The van der Waals surface area contributed by atoms with Crippen molar-refractivity contribution in [2.24, 2.45) is 0 Å². The van der Waals surface area contributed by atoms with Gasteiger partial charge in [0, 0.05) is 11.0 Å². The molecule has 5 aromatic carbocycles. The van der Waals surface area contributed by atoms with Crippen molar-refractivity contribution in [3.63, 3.8) is 0 Å². The number of carbonyl (C=O) groups excluding carboxylic acids is 1. The van der Waals surface area contributed by atoms with E-state index in [1.807, 2.05) is 97.9 Å². The van der Waals surface area contributed by atoms with Crippen LogP contribution in [0.5, 0.6) is 0 Å². The minimum Gasteiger partial charge on any atom is -0.435 e. The Bertz CT molecular complexity index is 1540. The topological polar surface area (TPSA) is 35.5 Å². The smallest absolute Gasteiger partial charge is 0.337 e. The Morgan fingerprint density at radius 2 is 0.955 bits per heavy atom. The lowest BCUT2D eigenvalue weighted by atomic mass is 9.64. The number of rotatable bonds is 12. The van der Waals surface area contributed by atoms with Crippen molar-refractivity contribution in [2.75, 3.05) is 13.4 Å². The molecule has 0 atom stereocenters. The highest BCUT2D eigenvalue weighted by Crippen LogP contribution is 2.46. The predicted molar refractivity (Wildman–Crippen MR) is 178 cm³/mol. The molecule has 44 heavy (non-hydrogen) atoms. The number of allylic oxidation sites excluding steroid dienone is 1. The van der Waals surface area contributed by atoms with Crippen LogP contribution in [0.15, 0.2) is 175 Å². The van der Waals surface area contributed by atoms with Crippen LogP contribution in [0.25, 0.3) is 0 Å². The Balaban J connectivity index is 1.86. The van der Waals surface area contributed by atoms with E-state index in [-0.39, 0.29) is 6.79 Å². The third-order valence-corrected chi connectivity index (χ3v) is 8.13. The number of esters is 1. The Kier molecular flexibility index (Phi) is 9.69. The molecule has 5 aromatic rings. The van der Waals surface area contributed by atoms with E-state index in [1.165, 1.54) is 0 Å². The standard InChI is InChI=1S/C41H38O3/c1-32(2)30-43-31-44-39(42)38(40(3,33-19-9-4-10-20-33)34-21-11-5-12-22-34)29-41(35-23-13-6-14-24-35,36-25-15-7-16-26-36)37-27-17-8-18-28-37/h4-29H,1,30-31H2,2-3H3/b38-29+. The molecule has 3 heteroatoms. The third-order valence-electron chi connectivity index (χ3n) is 8.13. The van der Waals surface area contributed by atoms with Gasteiger partial charge in [0.1, 0.15) is 0 Å². The van der Waals surface area contributed by atoms with E-state index in [4.69, 9.17) is 9.47 Å². The zero-order valence-corrected chi connectivity index (χ0v) is 25.4. The van der Waals surface area contributed by atoms with Gasteiger partial charge in [-0.15, -0.1) is 0 Å². The summed E-state index contributed by atoms with van der Waals surface area (Å²) in [6.07, 6.45) is 2.12. The summed E-state index contributed by atoms with van der Waals surface area (Å²) in [5.74, 6) is -0.450. The highest BCUT2D eigenvalue weighted by Gasteiger charge is 2.43. The molecule has 0 aliphatic rings. The first-order valence-corrected chi connectivity index (χ1v) is 14.9. The van der Waals surface area contributed by atoms with Gasteiger partial charge in [-0.2, -0.15) is 0 Å². The van der Waals surface area contributed by atoms with E-state index >= 15 is 0 Å². The fourth-order valence-electron chi connectivity index (χ4n) is 5.89. The quantitative estimate of drug-likeness (QED) is 0.0370. The fraction of sp³-hybridized carbons (Fsp3) is 0.146. The zero-order chi connectivity index (χ0) is 30.8. The van der Waals surface area contributed by atoms with E-state index in [9.17, 15) is 4.79 Å². The summed E-state index contributed by atoms with van der Waals surface area (Å²) in [7, 11) is 0. The van der Waals surface area contributed by atoms with Crippen molar-refractivity contribution in [1.82, 2.24) is 0 Å². The Morgan fingerprint density at radius 1 is 0.614 bits per heavy atom. The van der Waals surface area contributed by atoms with E-state index in [0.29, 0.717) is 12.2 Å². The summed E-state index contributed by atoms with van der Waals surface area (Å²) in [5.41, 5.74) is 4.69. The molecule has 0 saturated heterocycles. The Hall–Kier alpha value is -4.99. The van der Waals surface area contributed by atoms with E-state index in [2.05, 4.69) is 80.2 Å². The molecule has 0 aliphatic carbocycles. The molecule has 3 nitrogen and oxygen atoms in total. The lowest BCUT2D eigenvalue weighted by molar-refractivity contribution is -0.151. The number of carbonyl (C=O) groups is 1. The van der Waals surface area contributed by atoms with Gasteiger partial charge in [-0.3, -0.25) is 0 Å². The lowest BCUT2D eigenvalue weighted by Crippen LogP contribution is -2.36. The number of benzene rings is 5. The van der Waals surface area contributed by atoms with Crippen LogP contribution in [0.2, 0.25) is 0 Å². The molecule has 0 amide bonds. The summed E-state index contributed by atoms with van der Waals surface area (Å²) in [6, 6.07) is 51.3. The maximum absolute atomic E-state index is 14.6. The van der Waals surface area contributed by atoms with E-state index < -0.39 is 16.8 Å². The van der Waals surface area contributed by atoms with Gasteiger partial charge in [-0.25, -0.2) is 4.79 Å². The highest BCUT2D eigenvalue weighted by molar-refractivity contribution is 5.93. The average molecular weight is 579 g/mol. The molecule has 0 unspecified atom stereocenters. The second kappa shape index (κ2) is 14.0. The molecule has 0 spiro atoms. The van der Waals surface area contributed by atoms with Gasteiger partial charge in [-0.05, 0) is 41.7 Å². The largest absolute Gasteiger partial charge is 0.435 e. The summed E-state index contributed by atoms with van der Waals surface area (Å²) in [4.78, 5) is 14.6. The van der Waals surface area contributed by atoms with Crippen molar-refractivity contribution in [2.45, 2.75) is 24.7 Å². The van der Waals surface area contributed by atoms with Crippen LogP contribution in [0, 0.1) is 0 Å². The van der Waals surface area contributed by atoms with Gasteiger partial charge >= 0.3 is 5.97 Å². The third kappa shape index (κ3) is 6.34. The molecular formula is C41H38O3. The van der Waals surface area contributed by atoms with Crippen LogP contribution in [0.4, 0.5) is 0 Å². The first-order valence-electron chi connectivity index (χ1n) is 14.9. The highest BCUT2D eigenvalue weighted by atomic mass is 16.7. The summed E-state index contributed by atoms with van der Waals surface area (Å²) < 4.78 is 11.6. The molecule has 0 fully saturated rings. The molecule has 0 N–H and O–H groups in total. The predicted octanol–water partition coefficient (Wildman–Crippen LogP) is 9.05. The van der Waals surface area contributed by atoms with Gasteiger partial charge in [0.25, 0.3) is 0 Å². The normalized spacial score (nSPS) is 12.0. The van der Waals surface area contributed by atoms with Gasteiger partial charge in [0.2, 0.25) is 0 Å². The second-order valence-corrected chi connectivity index (χ2v) is 11.2. The van der Waals surface area contributed by atoms with Crippen molar-refractivity contribution in [1.29, 1.82) is 0 Å². The fourth-order valence-corrected chi connectivity index (χ4v) is 5.89. The molecule has 5 rings (SSSR count). The molecule has 0 bridgehead atoms. The molecular weight excluding hydrogens is 540 g/mol. The van der Waals surface area contributed by atoms with Gasteiger partial charge < -0.3 is 9.47 Å². The maximum Gasteiger partial charge on any atom is 0.337 e. The Labute approximate surface area is 261 Å². The monoisotopic (exact) mass is 578 g/mol. The van der Waals surface area contributed by atoms with E-state index in [1.54, 1.807) is 0 Å². The van der Waals surface area contributed by atoms with Gasteiger partial charge in [-0.1, -0.05) is 170 Å².